The number of rotatable bonds is 1. The molecule has 22 heavy (non-hydrogen) atoms. The Kier molecular flexibility index (Phi) is 3.30. The Morgan fingerprint density at radius 2 is 1.86 bits per heavy atom. The number of hydrogen-bond acceptors (Lipinski definition) is 3. The van der Waals surface area contributed by atoms with Gasteiger partial charge in [-0.3, -0.25) is 0 Å². The van der Waals surface area contributed by atoms with E-state index >= 15 is 0 Å². The fourth-order valence-electron chi connectivity index (χ4n) is 2.54. The molecular formula is C16H11F3N2O. The molecule has 0 saturated heterocycles. The molecule has 1 aliphatic heterocycles. The van der Waals surface area contributed by atoms with E-state index in [0.717, 1.165) is 12.1 Å². The highest BCUT2D eigenvalue weighted by molar-refractivity contribution is 5.76. The maximum absolute atomic E-state index is 12.9. The van der Waals surface area contributed by atoms with Crippen molar-refractivity contribution in [3.8, 4) is 22.9 Å². The standard InChI is InChI=1S/C16H11F3N2O/c17-16(18,19)9-5-6-14-12(7-9)10-3-1-2-4-11(10)15(22-14)13(21)8-20/h1-7,13,15H,21H2. The van der Waals surface area contributed by atoms with Crippen LogP contribution in [0.25, 0.3) is 11.1 Å². The molecule has 0 aromatic heterocycles. The summed E-state index contributed by atoms with van der Waals surface area (Å²) in [6.45, 7) is 0. The Labute approximate surface area is 124 Å². The number of nitrogens with zero attached hydrogens (tertiary/aromatic N) is 1. The van der Waals surface area contributed by atoms with E-state index in [1.54, 1.807) is 24.3 Å². The quantitative estimate of drug-likeness (QED) is 0.874. The average Bonchev–Trinajstić information content (AvgIpc) is 2.52. The first-order valence-corrected chi connectivity index (χ1v) is 6.54. The van der Waals surface area contributed by atoms with Gasteiger partial charge in [-0.05, 0) is 23.8 Å². The first kappa shape index (κ1) is 14.4. The number of fused-ring (bicyclic) bond motifs is 3. The summed E-state index contributed by atoms with van der Waals surface area (Å²) in [6.07, 6.45) is -5.13. The van der Waals surface area contributed by atoms with Gasteiger partial charge in [-0.15, -0.1) is 0 Å². The normalized spacial score (nSPS) is 17.7. The predicted molar refractivity (Wildman–Crippen MR) is 73.8 cm³/mol. The van der Waals surface area contributed by atoms with E-state index in [9.17, 15) is 13.2 Å². The molecule has 2 atom stereocenters. The Balaban J connectivity index is 2.18. The van der Waals surface area contributed by atoms with Crippen LogP contribution in [0.15, 0.2) is 42.5 Å². The van der Waals surface area contributed by atoms with Crippen LogP contribution in [0.4, 0.5) is 13.2 Å². The maximum Gasteiger partial charge on any atom is 0.416 e. The summed E-state index contributed by atoms with van der Waals surface area (Å²) in [5.74, 6) is 0.294. The van der Waals surface area contributed by atoms with Gasteiger partial charge in [-0.1, -0.05) is 24.3 Å². The zero-order valence-corrected chi connectivity index (χ0v) is 11.3. The minimum atomic E-state index is -4.43. The molecule has 0 saturated carbocycles. The monoisotopic (exact) mass is 304 g/mol. The van der Waals surface area contributed by atoms with Crippen LogP contribution >= 0.6 is 0 Å². The molecule has 1 aliphatic rings. The molecule has 0 aliphatic carbocycles. The maximum atomic E-state index is 12.9. The summed E-state index contributed by atoms with van der Waals surface area (Å²) in [4.78, 5) is 0. The lowest BCUT2D eigenvalue weighted by atomic mass is 9.89. The molecule has 0 spiro atoms. The molecule has 2 aromatic carbocycles. The third-order valence-electron chi connectivity index (χ3n) is 3.59. The highest BCUT2D eigenvalue weighted by Crippen LogP contribution is 2.45. The van der Waals surface area contributed by atoms with Crippen LogP contribution in [0.2, 0.25) is 0 Å². The molecule has 0 fully saturated rings. The van der Waals surface area contributed by atoms with Crippen molar-refractivity contribution >= 4 is 0 Å². The first-order valence-electron chi connectivity index (χ1n) is 6.54. The van der Waals surface area contributed by atoms with Crippen LogP contribution in [-0.4, -0.2) is 6.04 Å². The molecule has 0 amide bonds. The van der Waals surface area contributed by atoms with Gasteiger partial charge in [-0.25, -0.2) is 0 Å². The lowest BCUT2D eigenvalue weighted by molar-refractivity contribution is -0.137. The van der Waals surface area contributed by atoms with Gasteiger partial charge in [0, 0.05) is 11.1 Å². The van der Waals surface area contributed by atoms with E-state index in [1.165, 1.54) is 6.07 Å². The van der Waals surface area contributed by atoms with Crippen molar-refractivity contribution in [3.05, 3.63) is 53.6 Å². The second kappa shape index (κ2) is 5.04. The minimum absolute atomic E-state index is 0.294. The number of hydrogen-bond donors (Lipinski definition) is 1. The van der Waals surface area contributed by atoms with Gasteiger partial charge >= 0.3 is 6.18 Å². The smallest absolute Gasteiger partial charge is 0.416 e. The van der Waals surface area contributed by atoms with Crippen LogP contribution in [0.5, 0.6) is 5.75 Å². The summed E-state index contributed by atoms with van der Waals surface area (Å²) in [6, 6.07) is 11.2. The lowest BCUT2D eigenvalue weighted by Crippen LogP contribution is -2.32. The number of benzene rings is 2. The molecule has 3 rings (SSSR count). The summed E-state index contributed by atoms with van der Waals surface area (Å²) < 4.78 is 44.3. The van der Waals surface area contributed by atoms with Crippen molar-refractivity contribution in [2.75, 3.05) is 0 Å². The second-order valence-corrected chi connectivity index (χ2v) is 4.99. The molecule has 1 heterocycles. The predicted octanol–water partition coefficient (Wildman–Crippen LogP) is 3.66. The molecule has 3 nitrogen and oxygen atoms in total. The average molecular weight is 304 g/mol. The minimum Gasteiger partial charge on any atom is -0.482 e. The van der Waals surface area contributed by atoms with E-state index < -0.39 is 23.9 Å². The lowest BCUT2D eigenvalue weighted by Gasteiger charge is -2.30. The third kappa shape index (κ3) is 2.30. The van der Waals surface area contributed by atoms with Gasteiger partial charge in [0.1, 0.15) is 11.8 Å². The second-order valence-electron chi connectivity index (χ2n) is 4.99. The van der Waals surface area contributed by atoms with Crippen molar-refractivity contribution in [2.45, 2.75) is 18.3 Å². The topological polar surface area (TPSA) is 59.0 Å². The van der Waals surface area contributed by atoms with Crippen molar-refractivity contribution in [1.82, 2.24) is 0 Å². The van der Waals surface area contributed by atoms with Crippen LogP contribution in [0.1, 0.15) is 17.2 Å². The van der Waals surface area contributed by atoms with E-state index in [0.29, 0.717) is 22.4 Å². The molecule has 0 radical (unpaired) electrons. The van der Waals surface area contributed by atoms with Gasteiger partial charge in [0.2, 0.25) is 0 Å². The van der Waals surface area contributed by atoms with Crippen LogP contribution in [0, 0.1) is 11.3 Å². The molecule has 112 valence electrons. The Morgan fingerprint density at radius 3 is 2.55 bits per heavy atom. The van der Waals surface area contributed by atoms with E-state index in [-0.39, 0.29) is 0 Å². The zero-order chi connectivity index (χ0) is 15.9. The number of halogens is 3. The van der Waals surface area contributed by atoms with E-state index in [2.05, 4.69) is 0 Å². The summed E-state index contributed by atoms with van der Waals surface area (Å²) in [7, 11) is 0. The van der Waals surface area contributed by atoms with Crippen LogP contribution in [-0.2, 0) is 6.18 Å². The van der Waals surface area contributed by atoms with Crippen molar-refractivity contribution < 1.29 is 17.9 Å². The Morgan fingerprint density at radius 1 is 1.14 bits per heavy atom. The number of alkyl halides is 3. The molecule has 2 unspecified atom stereocenters. The highest BCUT2D eigenvalue weighted by Gasteiger charge is 2.35. The van der Waals surface area contributed by atoms with Crippen molar-refractivity contribution in [2.24, 2.45) is 5.73 Å². The number of nitrogens with two attached hydrogens (primary N) is 1. The largest absolute Gasteiger partial charge is 0.482 e. The van der Waals surface area contributed by atoms with Gasteiger partial charge in [0.25, 0.3) is 0 Å². The van der Waals surface area contributed by atoms with Crippen LogP contribution < -0.4 is 10.5 Å². The summed E-state index contributed by atoms with van der Waals surface area (Å²) in [5, 5.41) is 9.01. The number of ether oxygens (including phenoxy) is 1. The van der Waals surface area contributed by atoms with Gasteiger partial charge < -0.3 is 10.5 Å². The SMILES string of the molecule is N#CC(N)C1Oc2ccc(C(F)(F)F)cc2-c2ccccc21. The third-order valence-corrected chi connectivity index (χ3v) is 3.59. The molecule has 0 bridgehead atoms. The fraction of sp³-hybridized carbons (Fsp3) is 0.188. The zero-order valence-electron chi connectivity index (χ0n) is 11.3. The Bertz CT molecular complexity index is 765. The molecular weight excluding hydrogens is 293 g/mol. The van der Waals surface area contributed by atoms with Gasteiger partial charge in [0.15, 0.2) is 6.10 Å². The Hall–Kier alpha value is -2.52. The van der Waals surface area contributed by atoms with E-state index in [4.69, 9.17) is 15.7 Å². The summed E-state index contributed by atoms with van der Waals surface area (Å²) >= 11 is 0. The van der Waals surface area contributed by atoms with Gasteiger partial charge in [-0.2, -0.15) is 18.4 Å². The van der Waals surface area contributed by atoms with E-state index in [1.807, 2.05) is 6.07 Å². The highest BCUT2D eigenvalue weighted by atomic mass is 19.4. The first-order chi connectivity index (χ1) is 10.4. The van der Waals surface area contributed by atoms with Crippen LogP contribution in [0.3, 0.4) is 0 Å². The van der Waals surface area contributed by atoms with Gasteiger partial charge in [0.05, 0.1) is 11.6 Å². The van der Waals surface area contributed by atoms with Crippen molar-refractivity contribution in [1.29, 1.82) is 5.26 Å². The molecule has 2 aromatic rings. The number of nitriles is 1. The fourth-order valence-corrected chi connectivity index (χ4v) is 2.54. The molecule has 6 heteroatoms. The molecule has 2 N–H and O–H groups in total. The summed E-state index contributed by atoms with van der Waals surface area (Å²) in [5.41, 5.74) is 6.58. The van der Waals surface area contributed by atoms with Crippen molar-refractivity contribution in [3.63, 3.8) is 0 Å².